The second-order valence-electron chi connectivity index (χ2n) is 7.59. The molecule has 154 valence electrons. The van der Waals surface area contributed by atoms with Gasteiger partial charge in [-0.2, -0.15) is 0 Å². The number of halogens is 1. The minimum Gasteiger partial charge on any atom is -0.467 e. The van der Waals surface area contributed by atoms with Gasteiger partial charge in [0.15, 0.2) is 5.96 Å². The molecule has 0 spiro atoms. The van der Waals surface area contributed by atoms with Crippen LogP contribution in [-0.2, 0) is 11.3 Å². The quantitative estimate of drug-likeness (QED) is 0.373. The first-order valence-corrected chi connectivity index (χ1v) is 9.40. The van der Waals surface area contributed by atoms with Crippen molar-refractivity contribution in [2.45, 2.75) is 52.7 Å². The molecular weight excluding hydrogens is 459 g/mol. The van der Waals surface area contributed by atoms with E-state index in [0.717, 1.165) is 44.2 Å². The number of likely N-dealkylation sites (tertiary alicyclic amines) is 1. The Hall–Kier alpha value is -1.45. The van der Waals surface area contributed by atoms with Gasteiger partial charge in [-0.3, -0.25) is 0 Å². The molecule has 0 bridgehead atoms. The molecule has 1 fully saturated rings. The Bertz CT molecular complexity index is 584. The highest BCUT2D eigenvalue weighted by molar-refractivity contribution is 14.0. The van der Waals surface area contributed by atoms with Gasteiger partial charge in [-0.05, 0) is 58.6 Å². The molecule has 1 aromatic heterocycles. The second-order valence-corrected chi connectivity index (χ2v) is 7.59. The normalized spacial score (nSPS) is 17.9. The summed E-state index contributed by atoms with van der Waals surface area (Å²) in [6.07, 6.45) is 3.51. The van der Waals surface area contributed by atoms with Crippen LogP contribution in [0.3, 0.4) is 0 Å². The molecule has 2 heterocycles. The van der Waals surface area contributed by atoms with E-state index in [1.54, 1.807) is 6.26 Å². The molecule has 1 unspecified atom stereocenters. The van der Waals surface area contributed by atoms with Crippen LogP contribution < -0.4 is 10.6 Å². The van der Waals surface area contributed by atoms with Crippen molar-refractivity contribution in [1.82, 2.24) is 15.5 Å². The third-order valence-corrected chi connectivity index (χ3v) is 4.05. The number of aliphatic imine (C=N–C) groups is 1. The van der Waals surface area contributed by atoms with E-state index >= 15 is 0 Å². The number of hydrogen-bond donors (Lipinski definition) is 2. The molecule has 1 atom stereocenters. The number of rotatable bonds is 5. The Morgan fingerprint density at radius 1 is 1.41 bits per heavy atom. The third-order valence-electron chi connectivity index (χ3n) is 4.05. The minimum absolute atomic E-state index is 0. The molecule has 1 saturated heterocycles. The van der Waals surface area contributed by atoms with Crippen LogP contribution in [0.5, 0.6) is 0 Å². The maximum Gasteiger partial charge on any atom is 0.410 e. The Labute approximate surface area is 179 Å². The molecule has 0 aliphatic carbocycles. The number of piperidine rings is 1. The van der Waals surface area contributed by atoms with Gasteiger partial charge < -0.3 is 24.7 Å². The molecule has 27 heavy (non-hydrogen) atoms. The third kappa shape index (κ3) is 8.85. The second kappa shape index (κ2) is 11.4. The number of nitrogens with one attached hydrogen (secondary N) is 2. The largest absolute Gasteiger partial charge is 0.467 e. The minimum atomic E-state index is -0.459. The molecule has 2 N–H and O–H groups in total. The molecular formula is C19H33IN4O3. The number of hydrogen-bond acceptors (Lipinski definition) is 4. The highest BCUT2D eigenvalue weighted by atomic mass is 127. The van der Waals surface area contributed by atoms with Crippen LogP contribution in [0, 0.1) is 5.92 Å². The van der Waals surface area contributed by atoms with Crippen molar-refractivity contribution in [2.75, 3.05) is 26.2 Å². The lowest BCUT2D eigenvalue weighted by atomic mass is 9.98. The lowest BCUT2D eigenvalue weighted by Gasteiger charge is -2.34. The Kier molecular flexibility index (Phi) is 9.97. The van der Waals surface area contributed by atoms with Crippen LogP contribution in [0.15, 0.2) is 27.8 Å². The summed E-state index contributed by atoms with van der Waals surface area (Å²) >= 11 is 0. The van der Waals surface area contributed by atoms with E-state index in [-0.39, 0.29) is 30.1 Å². The zero-order chi connectivity index (χ0) is 19.0. The van der Waals surface area contributed by atoms with Crippen LogP contribution in [-0.4, -0.2) is 48.7 Å². The van der Waals surface area contributed by atoms with Crippen LogP contribution in [0.2, 0.25) is 0 Å². The smallest absolute Gasteiger partial charge is 0.410 e. The molecule has 0 saturated carbocycles. The highest BCUT2D eigenvalue weighted by Crippen LogP contribution is 2.18. The lowest BCUT2D eigenvalue weighted by Crippen LogP contribution is -2.47. The molecule has 2 rings (SSSR count). The van der Waals surface area contributed by atoms with Gasteiger partial charge >= 0.3 is 6.09 Å². The van der Waals surface area contributed by atoms with Crippen molar-refractivity contribution in [3.05, 3.63) is 24.2 Å². The fraction of sp³-hybridized carbons (Fsp3) is 0.684. The summed E-state index contributed by atoms with van der Waals surface area (Å²) in [5.41, 5.74) is -0.459. The molecule has 1 aliphatic rings. The first kappa shape index (κ1) is 23.6. The predicted molar refractivity (Wildman–Crippen MR) is 117 cm³/mol. The molecule has 1 aliphatic heterocycles. The van der Waals surface area contributed by atoms with E-state index in [0.29, 0.717) is 19.0 Å². The SMILES string of the molecule is CCNC(=NCc1ccco1)NCC1CCCN(C(=O)OC(C)(C)C)C1.I. The van der Waals surface area contributed by atoms with E-state index in [1.807, 2.05) is 44.7 Å². The van der Waals surface area contributed by atoms with E-state index in [2.05, 4.69) is 15.6 Å². The number of ether oxygens (including phenoxy) is 1. The van der Waals surface area contributed by atoms with E-state index in [4.69, 9.17) is 9.15 Å². The maximum atomic E-state index is 12.3. The summed E-state index contributed by atoms with van der Waals surface area (Å²) in [5, 5.41) is 6.62. The number of amides is 1. The van der Waals surface area contributed by atoms with Gasteiger partial charge in [0.05, 0.1) is 6.26 Å². The standard InChI is InChI=1S/C19H32N4O3.HI/c1-5-20-17(22-13-16-9-7-11-25-16)21-12-15-8-6-10-23(14-15)18(24)26-19(2,3)4;/h7,9,11,15H,5-6,8,10,12-14H2,1-4H3,(H2,20,21,22);1H. The van der Waals surface area contributed by atoms with Gasteiger partial charge in [0.1, 0.15) is 17.9 Å². The van der Waals surface area contributed by atoms with Crippen molar-refractivity contribution in [1.29, 1.82) is 0 Å². The first-order valence-electron chi connectivity index (χ1n) is 9.40. The average molecular weight is 492 g/mol. The fourth-order valence-corrected chi connectivity index (χ4v) is 2.87. The van der Waals surface area contributed by atoms with Gasteiger partial charge in [0, 0.05) is 26.2 Å². The van der Waals surface area contributed by atoms with Crippen LogP contribution in [0.25, 0.3) is 0 Å². The Morgan fingerprint density at radius 2 is 2.19 bits per heavy atom. The van der Waals surface area contributed by atoms with Crippen LogP contribution in [0.4, 0.5) is 4.79 Å². The molecule has 1 amide bonds. The zero-order valence-electron chi connectivity index (χ0n) is 16.8. The summed E-state index contributed by atoms with van der Waals surface area (Å²) in [6, 6.07) is 3.77. The Morgan fingerprint density at radius 3 is 2.81 bits per heavy atom. The number of nitrogens with zero attached hydrogens (tertiary/aromatic N) is 2. The monoisotopic (exact) mass is 492 g/mol. The molecule has 0 aromatic carbocycles. The van der Waals surface area contributed by atoms with Crippen molar-refractivity contribution in [3.63, 3.8) is 0 Å². The molecule has 0 radical (unpaired) electrons. The number of carbonyl (C=O) groups excluding carboxylic acids is 1. The van der Waals surface area contributed by atoms with Crippen LogP contribution >= 0.6 is 24.0 Å². The van der Waals surface area contributed by atoms with Gasteiger partial charge in [-0.25, -0.2) is 9.79 Å². The molecule has 8 heteroatoms. The first-order chi connectivity index (χ1) is 12.4. The van der Waals surface area contributed by atoms with E-state index < -0.39 is 5.60 Å². The number of guanidine groups is 1. The van der Waals surface area contributed by atoms with Gasteiger partial charge in [-0.1, -0.05) is 0 Å². The van der Waals surface area contributed by atoms with E-state index in [9.17, 15) is 4.79 Å². The fourth-order valence-electron chi connectivity index (χ4n) is 2.87. The zero-order valence-corrected chi connectivity index (χ0v) is 19.1. The summed E-state index contributed by atoms with van der Waals surface area (Å²) in [5.74, 6) is 1.97. The molecule has 7 nitrogen and oxygen atoms in total. The number of furan rings is 1. The van der Waals surface area contributed by atoms with E-state index in [1.165, 1.54) is 0 Å². The van der Waals surface area contributed by atoms with Crippen molar-refractivity contribution < 1.29 is 13.9 Å². The van der Waals surface area contributed by atoms with Gasteiger partial charge in [-0.15, -0.1) is 24.0 Å². The van der Waals surface area contributed by atoms with Crippen molar-refractivity contribution >= 4 is 36.0 Å². The average Bonchev–Trinajstić information content (AvgIpc) is 3.09. The highest BCUT2D eigenvalue weighted by Gasteiger charge is 2.27. The summed E-state index contributed by atoms with van der Waals surface area (Å²) in [6.45, 7) is 11.2. The summed E-state index contributed by atoms with van der Waals surface area (Å²) in [4.78, 5) is 18.6. The topological polar surface area (TPSA) is 79.1 Å². The predicted octanol–water partition coefficient (Wildman–Crippen LogP) is 3.60. The summed E-state index contributed by atoms with van der Waals surface area (Å²) in [7, 11) is 0. The van der Waals surface area contributed by atoms with Gasteiger partial charge in [0.25, 0.3) is 0 Å². The molecule has 1 aromatic rings. The lowest BCUT2D eigenvalue weighted by molar-refractivity contribution is 0.0168. The summed E-state index contributed by atoms with van der Waals surface area (Å²) < 4.78 is 10.8. The Balaban J connectivity index is 0.00000364. The van der Waals surface area contributed by atoms with Crippen molar-refractivity contribution in [2.24, 2.45) is 10.9 Å². The number of carbonyl (C=O) groups is 1. The maximum absolute atomic E-state index is 12.3. The van der Waals surface area contributed by atoms with Crippen molar-refractivity contribution in [3.8, 4) is 0 Å². The van der Waals surface area contributed by atoms with Gasteiger partial charge in [0.2, 0.25) is 0 Å². The van der Waals surface area contributed by atoms with Crippen LogP contribution in [0.1, 0.15) is 46.3 Å².